The number of hydrogen-bond donors (Lipinski definition) is 0. The SMILES string of the molecule is O=c1c2ccccc2ncn1-c1cccc2ccccc12. The molecule has 0 saturated carbocycles. The maximum absolute atomic E-state index is 12.7. The third kappa shape index (κ3) is 1.82. The van der Waals surface area contributed by atoms with Crippen molar-refractivity contribution in [3.8, 4) is 5.69 Å². The molecule has 1 aromatic heterocycles. The van der Waals surface area contributed by atoms with Crippen molar-refractivity contribution in [3.05, 3.63) is 83.4 Å². The molecular formula is C18H12N2O. The minimum absolute atomic E-state index is 0.0445. The van der Waals surface area contributed by atoms with E-state index in [1.54, 1.807) is 10.9 Å². The summed E-state index contributed by atoms with van der Waals surface area (Å²) in [5.74, 6) is 0. The van der Waals surface area contributed by atoms with Crippen molar-refractivity contribution in [1.82, 2.24) is 9.55 Å². The minimum Gasteiger partial charge on any atom is -0.268 e. The van der Waals surface area contributed by atoms with Crippen molar-refractivity contribution >= 4 is 21.7 Å². The zero-order valence-corrected chi connectivity index (χ0v) is 11.2. The highest BCUT2D eigenvalue weighted by atomic mass is 16.1. The molecule has 0 radical (unpaired) electrons. The van der Waals surface area contributed by atoms with Crippen molar-refractivity contribution in [2.24, 2.45) is 0 Å². The summed E-state index contributed by atoms with van der Waals surface area (Å²) in [6.45, 7) is 0. The average molecular weight is 272 g/mol. The molecule has 1 heterocycles. The summed E-state index contributed by atoms with van der Waals surface area (Å²) in [7, 11) is 0. The van der Waals surface area contributed by atoms with Crippen LogP contribution in [0, 0.1) is 0 Å². The third-order valence-electron chi connectivity index (χ3n) is 3.69. The Labute approximate surface area is 121 Å². The predicted octanol–water partition coefficient (Wildman–Crippen LogP) is 3.54. The number of para-hydroxylation sites is 1. The first kappa shape index (κ1) is 11.9. The first-order valence-corrected chi connectivity index (χ1v) is 6.79. The quantitative estimate of drug-likeness (QED) is 0.531. The van der Waals surface area contributed by atoms with E-state index >= 15 is 0 Å². The Hall–Kier alpha value is -2.94. The van der Waals surface area contributed by atoms with Gasteiger partial charge in [-0.15, -0.1) is 0 Å². The largest absolute Gasteiger partial charge is 0.268 e. The second-order valence-electron chi connectivity index (χ2n) is 4.94. The standard InChI is InChI=1S/C18H12N2O/c21-18-15-9-3-4-10-16(15)19-12-20(18)17-11-5-7-13-6-1-2-8-14(13)17/h1-12H. The van der Waals surface area contributed by atoms with Crippen molar-refractivity contribution in [2.75, 3.05) is 0 Å². The normalized spacial score (nSPS) is 11.0. The van der Waals surface area contributed by atoms with Crippen LogP contribution in [0.1, 0.15) is 0 Å². The molecule has 0 aliphatic rings. The Morgan fingerprint density at radius 2 is 1.48 bits per heavy atom. The van der Waals surface area contributed by atoms with E-state index in [0.29, 0.717) is 5.39 Å². The number of rotatable bonds is 1. The third-order valence-corrected chi connectivity index (χ3v) is 3.69. The molecule has 0 aliphatic carbocycles. The van der Waals surface area contributed by atoms with Gasteiger partial charge in [-0.25, -0.2) is 4.98 Å². The van der Waals surface area contributed by atoms with Gasteiger partial charge in [-0.2, -0.15) is 0 Å². The number of hydrogen-bond acceptors (Lipinski definition) is 2. The van der Waals surface area contributed by atoms with E-state index < -0.39 is 0 Å². The molecule has 4 aromatic rings. The Morgan fingerprint density at radius 3 is 2.38 bits per heavy atom. The van der Waals surface area contributed by atoms with Crippen LogP contribution >= 0.6 is 0 Å². The van der Waals surface area contributed by atoms with Crippen molar-refractivity contribution in [1.29, 1.82) is 0 Å². The van der Waals surface area contributed by atoms with Gasteiger partial charge in [-0.1, -0.05) is 48.5 Å². The zero-order valence-electron chi connectivity index (χ0n) is 11.2. The lowest BCUT2D eigenvalue weighted by molar-refractivity contribution is 0.971. The van der Waals surface area contributed by atoms with Gasteiger partial charge in [0.25, 0.3) is 5.56 Å². The van der Waals surface area contributed by atoms with Gasteiger partial charge in [0.15, 0.2) is 0 Å². The number of benzene rings is 3. The summed E-state index contributed by atoms with van der Waals surface area (Å²) in [5, 5.41) is 2.78. The van der Waals surface area contributed by atoms with Gasteiger partial charge in [-0.3, -0.25) is 9.36 Å². The smallest absolute Gasteiger partial charge is 0.265 e. The van der Waals surface area contributed by atoms with E-state index in [1.807, 2.05) is 66.7 Å². The molecule has 0 unspecified atom stereocenters. The molecule has 100 valence electrons. The highest BCUT2D eigenvalue weighted by molar-refractivity contribution is 5.90. The Kier molecular flexibility index (Phi) is 2.57. The highest BCUT2D eigenvalue weighted by Gasteiger charge is 2.07. The molecule has 0 fully saturated rings. The van der Waals surface area contributed by atoms with E-state index in [-0.39, 0.29) is 5.56 Å². The molecule has 3 aromatic carbocycles. The summed E-state index contributed by atoms with van der Waals surface area (Å²) in [6.07, 6.45) is 1.60. The van der Waals surface area contributed by atoms with E-state index in [9.17, 15) is 4.79 Å². The van der Waals surface area contributed by atoms with Crippen LogP contribution in [0.3, 0.4) is 0 Å². The van der Waals surface area contributed by atoms with Gasteiger partial charge in [0.2, 0.25) is 0 Å². The fourth-order valence-electron chi connectivity index (χ4n) is 2.66. The zero-order chi connectivity index (χ0) is 14.2. The first-order valence-electron chi connectivity index (χ1n) is 6.79. The lowest BCUT2D eigenvalue weighted by atomic mass is 10.1. The molecule has 21 heavy (non-hydrogen) atoms. The molecule has 4 rings (SSSR count). The Bertz CT molecular complexity index is 1010. The van der Waals surface area contributed by atoms with Gasteiger partial charge in [0, 0.05) is 5.39 Å². The van der Waals surface area contributed by atoms with Crippen molar-refractivity contribution in [2.45, 2.75) is 0 Å². The fourth-order valence-corrected chi connectivity index (χ4v) is 2.66. The second kappa shape index (κ2) is 4.56. The summed E-state index contributed by atoms with van der Waals surface area (Å²) in [4.78, 5) is 17.1. The summed E-state index contributed by atoms with van der Waals surface area (Å²) in [6, 6.07) is 21.4. The molecule has 0 amide bonds. The van der Waals surface area contributed by atoms with Crippen LogP contribution in [0.2, 0.25) is 0 Å². The number of fused-ring (bicyclic) bond motifs is 2. The molecule has 0 saturated heterocycles. The topological polar surface area (TPSA) is 34.9 Å². The van der Waals surface area contributed by atoms with Crippen LogP contribution in [0.4, 0.5) is 0 Å². The van der Waals surface area contributed by atoms with Crippen molar-refractivity contribution < 1.29 is 0 Å². The number of aromatic nitrogens is 2. The summed E-state index contributed by atoms with van der Waals surface area (Å²) in [5.41, 5.74) is 1.53. The van der Waals surface area contributed by atoms with Gasteiger partial charge >= 0.3 is 0 Å². The van der Waals surface area contributed by atoms with Gasteiger partial charge in [0.05, 0.1) is 16.6 Å². The van der Waals surface area contributed by atoms with E-state index in [1.165, 1.54) is 0 Å². The lowest BCUT2D eigenvalue weighted by Gasteiger charge is -2.09. The van der Waals surface area contributed by atoms with E-state index in [4.69, 9.17) is 0 Å². The van der Waals surface area contributed by atoms with Crippen LogP contribution in [0.5, 0.6) is 0 Å². The van der Waals surface area contributed by atoms with Crippen LogP contribution in [-0.4, -0.2) is 9.55 Å². The van der Waals surface area contributed by atoms with E-state index in [2.05, 4.69) is 4.98 Å². The molecule has 3 heteroatoms. The molecule has 0 aliphatic heterocycles. The molecule has 3 nitrogen and oxygen atoms in total. The van der Waals surface area contributed by atoms with Crippen LogP contribution < -0.4 is 5.56 Å². The lowest BCUT2D eigenvalue weighted by Crippen LogP contribution is -2.18. The maximum atomic E-state index is 12.7. The highest BCUT2D eigenvalue weighted by Crippen LogP contribution is 2.21. The molecule has 0 bridgehead atoms. The monoisotopic (exact) mass is 272 g/mol. The van der Waals surface area contributed by atoms with Gasteiger partial charge < -0.3 is 0 Å². The van der Waals surface area contributed by atoms with Gasteiger partial charge in [-0.05, 0) is 23.6 Å². The summed E-state index contributed by atoms with van der Waals surface area (Å²) < 4.78 is 1.62. The van der Waals surface area contributed by atoms with Crippen LogP contribution in [-0.2, 0) is 0 Å². The fraction of sp³-hybridized carbons (Fsp3) is 0. The molecule has 0 N–H and O–H groups in total. The Balaban J connectivity index is 2.10. The Morgan fingerprint density at radius 1 is 0.762 bits per heavy atom. The second-order valence-corrected chi connectivity index (χ2v) is 4.94. The first-order chi connectivity index (χ1) is 10.3. The van der Waals surface area contributed by atoms with Crippen molar-refractivity contribution in [3.63, 3.8) is 0 Å². The van der Waals surface area contributed by atoms with Gasteiger partial charge in [0.1, 0.15) is 6.33 Å². The van der Waals surface area contributed by atoms with E-state index in [0.717, 1.165) is 22.0 Å². The van der Waals surface area contributed by atoms with Crippen LogP contribution in [0.15, 0.2) is 77.9 Å². The average Bonchev–Trinajstić information content (AvgIpc) is 2.55. The number of nitrogens with zero attached hydrogens (tertiary/aromatic N) is 2. The minimum atomic E-state index is -0.0445. The summed E-state index contributed by atoms with van der Waals surface area (Å²) >= 11 is 0. The molecular weight excluding hydrogens is 260 g/mol. The molecule has 0 atom stereocenters. The predicted molar refractivity (Wildman–Crippen MR) is 84.8 cm³/mol. The maximum Gasteiger partial charge on any atom is 0.265 e. The molecule has 0 spiro atoms. The van der Waals surface area contributed by atoms with Crippen LogP contribution in [0.25, 0.3) is 27.4 Å².